The maximum Gasteiger partial charge on any atom is 0.230 e. The highest BCUT2D eigenvalue weighted by molar-refractivity contribution is 7.99. The molecule has 1 aliphatic carbocycles. The Morgan fingerprint density at radius 2 is 2.13 bits per heavy atom. The van der Waals surface area contributed by atoms with Gasteiger partial charge in [0.05, 0.1) is 5.75 Å². The number of hydrogen-bond acceptors (Lipinski definition) is 4. The van der Waals surface area contributed by atoms with E-state index in [1.165, 1.54) is 37.4 Å². The predicted octanol–water partition coefficient (Wildman–Crippen LogP) is 3.35. The maximum absolute atomic E-state index is 11.8. The van der Waals surface area contributed by atoms with E-state index in [0.717, 1.165) is 36.7 Å². The lowest BCUT2D eigenvalue weighted by atomic mass is 10.1. The molecular formula is C17H28N4OS. The Kier molecular flexibility index (Phi) is 7.65. The molecule has 0 unspecified atom stereocenters. The van der Waals surface area contributed by atoms with Crippen molar-refractivity contribution in [3.8, 4) is 0 Å². The number of thioether (sulfide) groups is 1. The van der Waals surface area contributed by atoms with E-state index < -0.39 is 0 Å². The van der Waals surface area contributed by atoms with E-state index in [4.69, 9.17) is 0 Å². The third kappa shape index (κ3) is 6.37. The number of rotatable bonds is 12. The molecular weight excluding hydrogens is 308 g/mol. The number of carbonyl (C=O) groups excluding carboxylic acids is 1. The number of aryl methyl sites for hydroxylation is 1. The fourth-order valence-corrected chi connectivity index (χ4v) is 3.21. The summed E-state index contributed by atoms with van der Waals surface area (Å²) >= 11 is 1.46. The summed E-state index contributed by atoms with van der Waals surface area (Å²) in [6.45, 7) is 6.74. The van der Waals surface area contributed by atoms with Crippen LogP contribution in [0.5, 0.6) is 0 Å². The van der Waals surface area contributed by atoms with Gasteiger partial charge in [-0.3, -0.25) is 4.79 Å². The fraction of sp³-hybridized carbons (Fsp3) is 0.706. The SMILES string of the molecule is C=CCn1c(CCCCCCC)nnc1SCC(=O)NC1CC1. The molecule has 2 rings (SSSR count). The molecule has 0 bridgehead atoms. The lowest BCUT2D eigenvalue weighted by Crippen LogP contribution is -2.27. The Labute approximate surface area is 143 Å². The van der Waals surface area contributed by atoms with E-state index in [0.29, 0.717) is 18.3 Å². The first kappa shape index (κ1) is 18.0. The monoisotopic (exact) mass is 336 g/mol. The fourth-order valence-electron chi connectivity index (χ4n) is 2.44. The minimum absolute atomic E-state index is 0.0896. The van der Waals surface area contributed by atoms with Crippen molar-refractivity contribution >= 4 is 17.7 Å². The molecule has 5 nitrogen and oxygen atoms in total. The van der Waals surface area contributed by atoms with Crippen LogP contribution in [-0.4, -0.2) is 32.5 Å². The second-order valence-corrected chi connectivity index (χ2v) is 7.04. The summed E-state index contributed by atoms with van der Waals surface area (Å²) in [6, 6.07) is 0.410. The zero-order valence-corrected chi connectivity index (χ0v) is 14.9. The van der Waals surface area contributed by atoms with Crippen molar-refractivity contribution in [1.29, 1.82) is 0 Å². The van der Waals surface area contributed by atoms with Crippen molar-refractivity contribution in [2.24, 2.45) is 0 Å². The summed E-state index contributed by atoms with van der Waals surface area (Å²) in [7, 11) is 0. The van der Waals surface area contributed by atoms with Gasteiger partial charge in [0, 0.05) is 19.0 Å². The third-order valence-electron chi connectivity index (χ3n) is 3.88. The summed E-state index contributed by atoms with van der Waals surface area (Å²) in [5, 5.41) is 12.4. The Morgan fingerprint density at radius 3 is 2.83 bits per heavy atom. The Bertz CT molecular complexity index is 511. The minimum atomic E-state index is 0.0896. The zero-order chi connectivity index (χ0) is 16.5. The van der Waals surface area contributed by atoms with Gasteiger partial charge in [0.25, 0.3) is 0 Å². The largest absolute Gasteiger partial charge is 0.353 e. The van der Waals surface area contributed by atoms with Gasteiger partial charge in [-0.1, -0.05) is 50.4 Å². The highest BCUT2D eigenvalue weighted by atomic mass is 32.2. The average molecular weight is 337 g/mol. The van der Waals surface area contributed by atoms with Gasteiger partial charge in [-0.05, 0) is 19.3 Å². The van der Waals surface area contributed by atoms with Crippen LogP contribution in [0, 0.1) is 0 Å². The van der Waals surface area contributed by atoms with Gasteiger partial charge < -0.3 is 9.88 Å². The molecule has 0 aliphatic heterocycles. The molecule has 1 fully saturated rings. The summed E-state index contributed by atoms with van der Waals surface area (Å²) < 4.78 is 2.09. The highest BCUT2D eigenvalue weighted by Crippen LogP contribution is 2.21. The smallest absolute Gasteiger partial charge is 0.230 e. The Balaban J connectivity index is 1.83. The van der Waals surface area contributed by atoms with E-state index in [1.807, 2.05) is 6.08 Å². The van der Waals surface area contributed by atoms with Crippen LogP contribution in [0.15, 0.2) is 17.8 Å². The lowest BCUT2D eigenvalue weighted by Gasteiger charge is -2.08. The second-order valence-electron chi connectivity index (χ2n) is 6.09. The van der Waals surface area contributed by atoms with Crippen molar-refractivity contribution in [2.75, 3.05) is 5.75 Å². The van der Waals surface area contributed by atoms with Crippen LogP contribution in [0.25, 0.3) is 0 Å². The van der Waals surface area contributed by atoms with Gasteiger partial charge in [-0.15, -0.1) is 16.8 Å². The van der Waals surface area contributed by atoms with Crippen LogP contribution in [0.1, 0.15) is 57.7 Å². The topological polar surface area (TPSA) is 59.8 Å². The number of nitrogens with zero attached hydrogens (tertiary/aromatic N) is 3. The van der Waals surface area contributed by atoms with Crippen LogP contribution in [0.2, 0.25) is 0 Å². The molecule has 0 radical (unpaired) electrons. The summed E-state index contributed by atoms with van der Waals surface area (Å²) in [5.74, 6) is 1.50. The highest BCUT2D eigenvalue weighted by Gasteiger charge is 2.23. The quantitative estimate of drug-likeness (QED) is 0.361. The van der Waals surface area contributed by atoms with Crippen LogP contribution in [0.4, 0.5) is 0 Å². The van der Waals surface area contributed by atoms with Gasteiger partial charge in [-0.2, -0.15) is 0 Å². The number of amides is 1. The molecule has 0 spiro atoms. The van der Waals surface area contributed by atoms with Crippen molar-refractivity contribution in [2.45, 2.75) is 76.0 Å². The number of allylic oxidation sites excluding steroid dienone is 1. The molecule has 1 saturated carbocycles. The van der Waals surface area contributed by atoms with Crippen molar-refractivity contribution in [3.63, 3.8) is 0 Å². The molecule has 1 aromatic rings. The standard InChI is InChI=1S/C17H28N4OS/c1-3-5-6-7-8-9-15-19-20-17(21(15)12-4-2)23-13-16(22)18-14-10-11-14/h4,14H,2-3,5-13H2,1H3,(H,18,22). The van der Waals surface area contributed by atoms with Crippen molar-refractivity contribution in [1.82, 2.24) is 20.1 Å². The summed E-state index contributed by atoms with van der Waals surface area (Å²) in [5.41, 5.74) is 0. The van der Waals surface area contributed by atoms with E-state index in [-0.39, 0.29) is 5.91 Å². The van der Waals surface area contributed by atoms with Crippen molar-refractivity contribution < 1.29 is 4.79 Å². The van der Waals surface area contributed by atoms with Gasteiger partial charge in [0.1, 0.15) is 5.82 Å². The number of unbranched alkanes of at least 4 members (excludes halogenated alkanes) is 4. The van der Waals surface area contributed by atoms with Gasteiger partial charge in [-0.25, -0.2) is 0 Å². The summed E-state index contributed by atoms with van der Waals surface area (Å²) in [6.07, 6.45) is 11.3. The second kappa shape index (κ2) is 9.75. The van der Waals surface area contributed by atoms with E-state index in [1.54, 1.807) is 0 Å². The number of carbonyl (C=O) groups is 1. The van der Waals surface area contributed by atoms with Crippen LogP contribution >= 0.6 is 11.8 Å². The molecule has 1 N–H and O–H groups in total. The van der Waals surface area contributed by atoms with Gasteiger partial charge >= 0.3 is 0 Å². The number of aromatic nitrogens is 3. The molecule has 1 aliphatic rings. The molecule has 1 heterocycles. The lowest BCUT2D eigenvalue weighted by molar-refractivity contribution is -0.118. The third-order valence-corrected chi connectivity index (χ3v) is 4.85. The molecule has 0 saturated heterocycles. The maximum atomic E-state index is 11.8. The van der Waals surface area contributed by atoms with E-state index in [2.05, 4.69) is 33.6 Å². The summed E-state index contributed by atoms with van der Waals surface area (Å²) in [4.78, 5) is 11.8. The van der Waals surface area contributed by atoms with E-state index in [9.17, 15) is 4.79 Å². The molecule has 1 aromatic heterocycles. The first-order valence-electron chi connectivity index (χ1n) is 8.69. The molecule has 1 amide bonds. The van der Waals surface area contributed by atoms with Crippen LogP contribution < -0.4 is 5.32 Å². The molecule has 0 aromatic carbocycles. The van der Waals surface area contributed by atoms with Gasteiger partial charge in [0.15, 0.2) is 5.16 Å². The number of nitrogens with one attached hydrogen (secondary N) is 1. The molecule has 23 heavy (non-hydrogen) atoms. The normalized spacial score (nSPS) is 14.0. The Morgan fingerprint density at radius 1 is 1.35 bits per heavy atom. The van der Waals surface area contributed by atoms with Crippen LogP contribution in [0.3, 0.4) is 0 Å². The minimum Gasteiger partial charge on any atom is -0.353 e. The molecule has 6 heteroatoms. The van der Waals surface area contributed by atoms with Gasteiger partial charge in [0.2, 0.25) is 5.91 Å². The average Bonchev–Trinajstić information content (AvgIpc) is 3.27. The predicted molar refractivity (Wildman–Crippen MR) is 94.6 cm³/mol. The zero-order valence-electron chi connectivity index (χ0n) is 14.1. The van der Waals surface area contributed by atoms with Crippen molar-refractivity contribution in [3.05, 3.63) is 18.5 Å². The Hall–Kier alpha value is -1.30. The van der Waals surface area contributed by atoms with E-state index >= 15 is 0 Å². The molecule has 0 atom stereocenters. The molecule has 128 valence electrons. The number of hydrogen-bond donors (Lipinski definition) is 1. The van der Waals surface area contributed by atoms with Crippen LogP contribution in [-0.2, 0) is 17.8 Å². The first-order valence-corrected chi connectivity index (χ1v) is 9.68. The first-order chi connectivity index (χ1) is 11.2.